The fraction of sp³-hybridized carbons (Fsp3) is 0.321. The highest BCUT2D eigenvalue weighted by Gasteiger charge is 2.18. The first-order valence-electron chi connectivity index (χ1n) is 11.3. The number of rotatable bonds is 10. The molecule has 3 aromatic carbocycles. The molecule has 0 bridgehead atoms. The van der Waals surface area contributed by atoms with Gasteiger partial charge in [0.25, 0.3) is 5.91 Å². The summed E-state index contributed by atoms with van der Waals surface area (Å²) in [5.41, 5.74) is 6.18. The number of carbonyl (C=O) groups is 1. The molecule has 0 fully saturated rings. The van der Waals surface area contributed by atoms with Crippen molar-refractivity contribution in [2.75, 3.05) is 26.8 Å². The molecule has 0 aromatic heterocycles. The van der Waals surface area contributed by atoms with Crippen molar-refractivity contribution in [3.63, 3.8) is 0 Å². The number of nitrogens with zero attached hydrogens (tertiary/aromatic N) is 1. The number of benzene rings is 3. The van der Waals surface area contributed by atoms with Gasteiger partial charge in [-0.1, -0.05) is 61.0 Å². The van der Waals surface area contributed by atoms with E-state index in [2.05, 4.69) is 44.2 Å². The topological polar surface area (TPSA) is 49.8 Å². The zero-order chi connectivity index (χ0) is 22.9. The van der Waals surface area contributed by atoms with Crippen LogP contribution in [-0.2, 0) is 12.8 Å². The van der Waals surface area contributed by atoms with E-state index in [1.54, 1.807) is 11.9 Å². The summed E-state index contributed by atoms with van der Waals surface area (Å²) < 4.78 is 6.01. The minimum Gasteiger partial charge on any atom is -0.493 e. The van der Waals surface area contributed by atoms with E-state index in [-0.39, 0.29) is 12.5 Å². The van der Waals surface area contributed by atoms with E-state index < -0.39 is 0 Å². The Bertz CT molecular complexity index is 1030. The van der Waals surface area contributed by atoms with Crippen LogP contribution < -0.4 is 4.74 Å². The zero-order valence-electron chi connectivity index (χ0n) is 19.3. The van der Waals surface area contributed by atoms with Gasteiger partial charge in [0.2, 0.25) is 0 Å². The first kappa shape index (κ1) is 23.6. The average molecular weight is 432 g/mol. The van der Waals surface area contributed by atoms with Gasteiger partial charge >= 0.3 is 0 Å². The van der Waals surface area contributed by atoms with Crippen LogP contribution in [0.3, 0.4) is 0 Å². The number of amides is 1. The fourth-order valence-electron chi connectivity index (χ4n) is 3.76. The maximum Gasteiger partial charge on any atom is 0.253 e. The molecule has 0 heterocycles. The molecule has 0 saturated heterocycles. The van der Waals surface area contributed by atoms with E-state index >= 15 is 0 Å². The third-order valence-electron chi connectivity index (χ3n) is 5.55. The number of carbonyl (C=O) groups excluding carboxylic acids is 1. The number of ether oxygens (including phenoxy) is 1. The average Bonchev–Trinajstić information content (AvgIpc) is 2.82. The molecule has 32 heavy (non-hydrogen) atoms. The Labute approximate surface area is 191 Å². The monoisotopic (exact) mass is 431 g/mol. The van der Waals surface area contributed by atoms with Crippen LogP contribution in [0.15, 0.2) is 66.7 Å². The molecular formula is C28H33NO3. The van der Waals surface area contributed by atoms with Crippen LogP contribution >= 0.6 is 0 Å². The van der Waals surface area contributed by atoms with Crippen molar-refractivity contribution in [3.05, 3.63) is 89.0 Å². The molecule has 0 aliphatic rings. The highest BCUT2D eigenvalue weighted by Crippen LogP contribution is 2.33. The molecule has 0 atom stereocenters. The highest BCUT2D eigenvalue weighted by molar-refractivity contribution is 5.96. The van der Waals surface area contributed by atoms with Crippen LogP contribution in [0.1, 0.15) is 40.4 Å². The van der Waals surface area contributed by atoms with Crippen LogP contribution in [0.25, 0.3) is 11.1 Å². The first-order valence-corrected chi connectivity index (χ1v) is 11.3. The molecule has 0 spiro atoms. The number of likely N-dealkylation sites (N-methyl/N-ethyl adjacent to an activating group) is 1. The molecule has 1 amide bonds. The highest BCUT2D eigenvalue weighted by atomic mass is 16.5. The molecule has 168 valence electrons. The van der Waals surface area contributed by atoms with E-state index in [9.17, 15) is 9.90 Å². The summed E-state index contributed by atoms with van der Waals surface area (Å²) in [6.45, 7) is 5.09. The van der Waals surface area contributed by atoms with Crippen LogP contribution in [0, 0.1) is 6.92 Å². The Morgan fingerprint density at radius 2 is 1.78 bits per heavy atom. The van der Waals surface area contributed by atoms with Gasteiger partial charge in [0.05, 0.1) is 13.2 Å². The second-order valence-electron chi connectivity index (χ2n) is 8.16. The van der Waals surface area contributed by atoms with Gasteiger partial charge in [0, 0.05) is 24.7 Å². The van der Waals surface area contributed by atoms with Gasteiger partial charge in [0.1, 0.15) is 5.75 Å². The maximum atomic E-state index is 13.1. The second-order valence-corrected chi connectivity index (χ2v) is 8.16. The summed E-state index contributed by atoms with van der Waals surface area (Å²) in [6, 6.07) is 22.6. The van der Waals surface area contributed by atoms with Crippen molar-refractivity contribution in [2.24, 2.45) is 0 Å². The molecule has 0 unspecified atom stereocenters. The molecule has 3 aromatic rings. The summed E-state index contributed by atoms with van der Waals surface area (Å²) in [4.78, 5) is 14.6. The van der Waals surface area contributed by atoms with Crippen molar-refractivity contribution in [3.8, 4) is 16.9 Å². The van der Waals surface area contributed by atoms with E-state index in [4.69, 9.17) is 4.74 Å². The van der Waals surface area contributed by atoms with Crippen molar-refractivity contribution in [1.29, 1.82) is 0 Å². The van der Waals surface area contributed by atoms with Crippen LogP contribution in [0.2, 0.25) is 0 Å². The predicted octanol–water partition coefficient (Wildman–Crippen LogP) is 5.30. The van der Waals surface area contributed by atoms with Gasteiger partial charge in [0.15, 0.2) is 0 Å². The molecule has 0 aliphatic carbocycles. The lowest BCUT2D eigenvalue weighted by molar-refractivity contribution is 0.0766. The van der Waals surface area contributed by atoms with Gasteiger partial charge in [-0.15, -0.1) is 0 Å². The smallest absolute Gasteiger partial charge is 0.253 e. The third-order valence-corrected chi connectivity index (χ3v) is 5.55. The van der Waals surface area contributed by atoms with Crippen LogP contribution in [0.4, 0.5) is 0 Å². The normalized spacial score (nSPS) is 10.8. The number of aliphatic hydroxyl groups is 1. The van der Waals surface area contributed by atoms with Crippen molar-refractivity contribution < 1.29 is 14.6 Å². The second kappa shape index (κ2) is 11.5. The van der Waals surface area contributed by atoms with Crippen molar-refractivity contribution in [1.82, 2.24) is 4.90 Å². The van der Waals surface area contributed by atoms with Gasteiger partial charge < -0.3 is 14.7 Å². The standard InChI is InChI=1S/C28H33NO3/c1-4-18-32-27-15-10-21(2)19-26(27)24-13-14-25(28(31)29(3)16-17-30)23(20-24)12-11-22-8-6-5-7-9-22/h5-10,13-15,19-20,30H,4,11-12,16-18H2,1-3H3. The first-order chi connectivity index (χ1) is 15.5. The largest absolute Gasteiger partial charge is 0.493 e. The summed E-state index contributed by atoms with van der Waals surface area (Å²) in [7, 11) is 1.73. The van der Waals surface area contributed by atoms with Gasteiger partial charge in [-0.3, -0.25) is 4.79 Å². The van der Waals surface area contributed by atoms with E-state index in [0.717, 1.165) is 47.3 Å². The molecule has 4 nitrogen and oxygen atoms in total. The number of hydrogen-bond donors (Lipinski definition) is 1. The minimum absolute atomic E-state index is 0.0545. The molecule has 1 N–H and O–H groups in total. The maximum absolute atomic E-state index is 13.1. The fourth-order valence-corrected chi connectivity index (χ4v) is 3.76. The minimum atomic E-state index is -0.0691. The quantitative estimate of drug-likeness (QED) is 0.474. The number of aliphatic hydroxyl groups excluding tert-OH is 1. The Hall–Kier alpha value is -3.11. The van der Waals surface area contributed by atoms with Gasteiger partial charge in [-0.2, -0.15) is 0 Å². The molecule has 3 rings (SSSR count). The molecule has 0 saturated carbocycles. The van der Waals surface area contributed by atoms with Crippen molar-refractivity contribution in [2.45, 2.75) is 33.1 Å². The zero-order valence-corrected chi connectivity index (χ0v) is 19.3. The summed E-state index contributed by atoms with van der Waals surface area (Å²) in [5, 5.41) is 9.27. The lowest BCUT2D eigenvalue weighted by Crippen LogP contribution is -2.30. The molecule has 0 radical (unpaired) electrons. The third kappa shape index (κ3) is 5.98. The molecular weight excluding hydrogens is 398 g/mol. The molecule has 0 aliphatic heterocycles. The van der Waals surface area contributed by atoms with Gasteiger partial charge in [-0.25, -0.2) is 0 Å². The number of hydrogen-bond acceptors (Lipinski definition) is 3. The summed E-state index contributed by atoms with van der Waals surface area (Å²) in [6.07, 6.45) is 2.55. The van der Waals surface area contributed by atoms with Crippen LogP contribution in [-0.4, -0.2) is 42.7 Å². The van der Waals surface area contributed by atoms with E-state index in [0.29, 0.717) is 18.7 Å². The number of aryl methyl sites for hydroxylation is 3. The Morgan fingerprint density at radius 3 is 2.50 bits per heavy atom. The van der Waals surface area contributed by atoms with E-state index in [1.807, 2.05) is 36.4 Å². The lowest BCUT2D eigenvalue weighted by Gasteiger charge is -2.19. The van der Waals surface area contributed by atoms with Crippen molar-refractivity contribution >= 4 is 5.91 Å². The van der Waals surface area contributed by atoms with Crippen LogP contribution in [0.5, 0.6) is 5.75 Å². The SMILES string of the molecule is CCCOc1ccc(C)cc1-c1ccc(C(=O)N(C)CCO)c(CCc2ccccc2)c1. The predicted molar refractivity (Wildman–Crippen MR) is 130 cm³/mol. The van der Waals surface area contributed by atoms with E-state index in [1.165, 1.54) is 5.56 Å². The summed E-state index contributed by atoms with van der Waals surface area (Å²) >= 11 is 0. The Morgan fingerprint density at radius 1 is 1.00 bits per heavy atom. The Balaban J connectivity index is 2.00. The van der Waals surface area contributed by atoms with Gasteiger partial charge in [-0.05, 0) is 61.1 Å². The Kier molecular flexibility index (Phi) is 8.46. The summed E-state index contributed by atoms with van der Waals surface area (Å²) in [5.74, 6) is 0.795. The lowest BCUT2D eigenvalue weighted by atomic mass is 9.93. The molecule has 4 heteroatoms.